The number of nitrogens with one attached hydrogen (secondary N) is 1. The quantitative estimate of drug-likeness (QED) is 0.634. The van der Waals surface area contributed by atoms with Crippen molar-refractivity contribution >= 4 is 5.97 Å². The first kappa shape index (κ1) is 16.3. The van der Waals surface area contributed by atoms with E-state index in [-0.39, 0.29) is 13.0 Å². The molecule has 1 saturated heterocycles. The summed E-state index contributed by atoms with van der Waals surface area (Å²) in [6.45, 7) is 2.99. The van der Waals surface area contributed by atoms with Crippen LogP contribution >= 0.6 is 0 Å². The minimum absolute atomic E-state index is 0.101. The van der Waals surface area contributed by atoms with Crippen molar-refractivity contribution in [2.75, 3.05) is 13.7 Å². The second-order valence-corrected chi connectivity index (χ2v) is 5.22. The van der Waals surface area contributed by atoms with Crippen molar-refractivity contribution in [3.63, 3.8) is 0 Å². The van der Waals surface area contributed by atoms with Crippen molar-refractivity contribution in [3.8, 4) is 0 Å². The SMILES string of the molecule is COC(=O)C1CC(C(C)C(O)F)(C(C)C(O)F)CN1. The molecule has 0 aromatic heterocycles. The third-order valence-corrected chi connectivity index (χ3v) is 4.39. The van der Waals surface area contributed by atoms with Gasteiger partial charge in [0.1, 0.15) is 6.04 Å². The Hall–Kier alpha value is -0.790. The van der Waals surface area contributed by atoms with E-state index in [1.165, 1.54) is 21.0 Å². The predicted octanol–water partition coefficient (Wildman–Crippen LogP) is 0.356. The average Bonchev–Trinajstić information content (AvgIpc) is 2.81. The lowest BCUT2D eigenvalue weighted by atomic mass is 9.66. The van der Waals surface area contributed by atoms with E-state index in [2.05, 4.69) is 10.1 Å². The van der Waals surface area contributed by atoms with Gasteiger partial charge in [-0.25, -0.2) is 8.78 Å². The smallest absolute Gasteiger partial charge is 0.322 e. The summed E-state index contributed by atoms with van der Waals surface area (Å²) in [5.41, 5.74) is -1.05. The summed E-state index contributed by atoms with van der Waals surface area (Å²) in [5.74, 6) is -2.37. The molecule has 7 heteroatoms. The lowest BCUT2D eigenvalue weighted by Crippen LogP contribution is -2.45. The van der Waals surface area contributed by atoms with Gasteiger partial charge in [-0.2, -0.15) is 0 Å². The molecule has 1 heterocycles. The summed E-state index contributed by atoms with van der Waals surface area (Å²) in [7, 11) is 1.23. The van der Waals surface area contributed by atoms with Crippen LogP contribution in [-0.2, 0) is 9.53 Å². The zero-order valence-corrected chi connectivity index (χ0v) is 11.3. The van der Waals surface area contributed by atoms with Gasteiger partial charge in [-0.15, -0.1) is 0 Å². The highest BCUT2D eigenvalue weighted by atomic mass is 19.1. The van der Waals surface area contributed by atoms with Crippen molar-refractivity contribution in [1.82, 2.24) is 5.32 Å². The Morgan fingerprint density at radius 2 is 1.79 bits per heavy atom. The molecule has 0 bridgehead atoms. The van der Waals surface area contributed by atoms with E-state index in [1.807, 2.05) is 0 Å². The van der Waals surface area contributed by atoms with Gasteiger partial charge in [-0.1, -0.05) is 13.8 Å². The molecule has 5 nitrogen and oxygen atoms in total. The Labute approximate surface area is 110 Å². The molecule has 1 fully saturated rings. The number of ether oxygens (including phenoxy) is 1. The summed E-state index contributed by atoms with van der Waals surface area (Å²) in [6.07, 6.45) is -4.21. The van der Waals surface area contributed by atoms with Crippen LogP contribution in [0.25, 0.3) is 0 Å². The van der Waals surface area contributed by atoms with Gasteiger partial charge in [0, 0.05) is 23.8 Å². The molecule has 0 aromatic rings. The summed E-state index contributed by atoms with van der Waals surface area (Å²) in [6, 6.07) is -0.688. The van der Waals surface area contributed by atoms with E-state index < -0.39 is 42.0 Å². The molecule has 3 N–H and O–H groups in total. The molecule has 1 aliphatic rings. The molecule has 5 unspecified atom stereocenters. The zero-order valence-electron chi connectivity index (χ0n) is 11.3. The number of esters is 1. The van der Waals surface area contributed by atoms with Crippen LogP contribution in [0.2, 0.25) is 0 Å². The fraction of sp³-hybridized carbons (Fsp3) is 0.917. The second-order valence-electron chi connectivity index (χ2n) is 5.22. The van der Waals surface area contributed by atoms with Gasteiger partial charge < -0.3 is 20.3 Å². The molecule has 112 valence electrons. The molecule has 0 radical (unpaired) electrons. The van der Waals surface area contributed by atoms with Crippen molar-refractivity contribution in [3.05, 3.63) is 0 Å². The first-order valence-electron chi connectivity index (χ1n) is 6.21. The van der Waals surface area contributed by atoms with Crippen LogP contribution in [0.3, 0.4) is 0 Å². The van der Waals surface area contributed by atoms with Crippen LogP contribution < -0.4 is 5.32 Å². The number of methoxy groups -OCH3 is 1. The minimum Gasteiger partial charge on any atom is -0.468 e. The summed E-state index contributed by atoms with van der Waals surface area (Å²) < 4.78 is 31.1. The van der Waals surface area contributed by atoms with E-state index in [9.17, 15) is 13.6 Å². The Kier molecular flexibility index (Phi) is 5.23. The molecule has 0 aromatic carbocycles. The summed E-state index contributed by atoms with van der Waals surface area (Å²) >= 11 is 0. The molecule has 0 saturated carbocycles. The van der Waals surface area contributed by atoms with Gasteiger partial charge in [0.2, 0.25) is 0 Å². The van der Waals surface area contributed by atoms with Crippen LogP contribution in [0.15, 0.2) is 0 Å². The van der Waals surface area contributed by atoms with Gasteiger partial charge in [-0.05, 0) is 6.42 Å². The zero-order chi connectivity index (χ0) is 14.8. The number of carbonyl (C=O) groups excluding carboxylic acids is 1. The number of halogens is 2. The van der Waals surface area contributed by atoms with E-state index in [1.54, 1.807) is 0 Å². The minimum atomic E-state index is -2.15. The highest BCUT2D eigenvalue weighted by Gasteiger charge is 2.53. The molecule has 5 atom stereocenters. The van der Waals surface area contributed by atoms with Gasteiger partial charge in [0.05, 0.1) is 7.11 Å². The maximum Gasteiger partial charge on any atom is 0.322 e. The molecule has 0 spiro atoms. The number of rotatable bonds is 5. The van der Waals surface area contributed by atoms with Crippen LogP contribution in [0.1, 0.15) is 20.3 Å². The Morgan fingerprint density at radius 3 is 2.16 bits per heavy atom. The topological polar surface area (TPSA) is 78.8 Å². The predicted molar refractivity (Wildman–Crippen MR) is 63.4 cm³/mol. The average molecular weight is 281 g/mol. The normalized spacial score (nSPS) is 33.5. The first-order chi connectivity index (χ1) is 8.76. The second kappa shape index (κ2) is 6.11. The lowest BCUT2D eigenvalue weighted by molar-refractivity contribution is -0.145. The Bertz CT molecular complexity index is 311. The van der Waals surface area contributed by atoms with E-state index in [0.717, 1.165) is 0 Å². The number of carbonyl (C=O) groups is 1. The van der Waals surface area contributed by atoms with E-state index >= 15 is 0 Å². The third-order valence-electron chi connectivity index (χ3n) is 4.39. The van der Waals surface area contributed by atoms with Gasteiger partial charge in [0.25, 0.3) is 0 Å². The molecule has 1 aliphatic heterocycles. The summed E-state index contributed by atoms with van der Waals surface area (Å²) in [4.78, 5) is 11.5. The van der Waals surface area contributed by atoms with Gasteiger partial charge in [-0.3, -0.25) is 4.79 Å². The molecule has 1 rings (SSSR count). The third kappa shape index (κ3) is 3.04. The highest BCUT2D eigenvalue weighted by molar-refractivity contribution is 5.76. The maximum atomic E-state index is 13.2. The van der Waals surface area contributed by atoms with Crippen molar-refractivity contribution in [2.24, 2.45) is 17.3 Å². The Morgan fingerprint density at radius 1 is 1.32 bits per heavy atom. The molecular formula is C12H21F2NO4. The van der Waals surface area contributed by atoms with E-state index in [4.69, 9.17) is 10.2 Å². The van der Waals surface area contributed by atoms with Crippen molar-refractivity contribution in [1.29, 1.82) is 0 Å². The van der Waals surface area contributed by atoms with Crippen molar-refractivity contribution < 1.29 is 28.5 Å². The van der Waals surface area contributed by atoms with Crippen LogP contribution in [0.5, 0.6) is 0 Å². The maximum absolute atomic E-state index is 13.2. The number of hydrogen-bond acceptors (Lipinski definition) is 5. The standard InChI is InChI=1S/C12H21F2NO4/c1-6(9(13)16)12(7(2)10(14)17)4-8(15-5-12)11(18)19-3/h6-10,15-17H,4-5H2,1-3H3. The molecule has 19 heavy (non-hydrogen) atoms. The van der Waals surface area contributed by atoms with Crippen LogP contribution in [0, 0.1) is 17.3 Å². The fourth-order valence-electron chi connectivity index (χ4n) is 2.80. The van der Waals surface area contributed by atoms with Crippen LogP contribution in [-0.4, -0.2) is 48.6 Å². The number of alkyl halides is 2. The van der Waals surface area contributed by atoms with Gasteiger partial charge in [0.15, 0.2) is 12.7 Å². The number of aliphatic hydroxyl groups excluding tert-OH is 2. The highest BCUT2D eigenvalue weighted by Crippen LogP contribution is 2.46. The first-order valence-corrected chi connectivity index (χ1v) is 6.21. The van der Waals surface area contributed by atoms with Crippen LogP contribution in [0.4, 0.5) is 8.78 Å². The number of hydrogen-bond donors (Lipinski definition) is 3. The molecular weight excluding hydrogens is 260 g/mol. The number of aliphatic hydroxyl groups is 2. The van der Waals surface area contributed by atoms with Gasteiger partial charge >= 0.3 is 5.97 Å². The summed E-state index contributed by atoms with van der Waals surface area (Å²) in [5, 5.41) is 21.1. The molecule has 0 aliphatic carbocycles. The fourth-order valence-corrected chi connectivity index (χ4v) is 2.80. The van der Waals surface area contributed by atoms with E-state index in [0.29, 0.717) is 0 Å². The van der Waals surface area contributed by atoms with Crippen molar-refractivity contribution in [2.45, 2.75) is 39.0 Å². The largest absolute Gasteiger partial charge is 0.468 e. The Balaban J connectivity index is 3.00. The monoisotopic (exact) mass is 281 g/mol. The lowest BCUT2D eigenvalue weighted by Gasteiger charge is -2.40. The molecule has 0 amide bonds.